The van der Waals surface area contributed by atoms with Gasteiger partial charge in [0.2, 0.25) is 0 Å². The molecule has 5 N–H and O–H groups in total. The molecule has 110 valence electrons. The Balaban J connectivity index is 2.00. The Morgan fingerprint density at radius 3 is 2.81 bits per heavy atom. The molecule has 1 aliphatic heterocycles. The van der Waals surface area contributed by atoms with Crippen LogP contribution >= 0.6 is 0 Å². The molecule has 0 amide bonds. The second kappa shape index (κ2) is 4.94. The molecule has 1 fully saturated rings. The van der Waals surface area contributed by atoms with Crippen molar-refractivity contribution in [3.05, 3.63) is 12.7 Å². The Kier molecular flexibility index (Phi) is 3.23. The fourth-order valence-corrected chi connectivity index (χ4v) is 2.33. The van der Waals surface area contributed by atoms with Crippen LogP contribution in [0.25, 0.3) is 11.2 Å². The second-order valence-corrected chi connectivity index (χ2v) is 4.67. The van der Waals surface area contributed by atoms with E-state index < -0.39 is 30.6 Å². The average molecular weight is 291 g/mol. The summed E-state index contributed by atoms with van der Waals surface area (Å²) < 4.78 is 6.87. The van der Waals surface area contributed by atoms with E-state index in [1.165, 1.54) is 17.2 Å². The van der Waals surface area contributed by atoms with E-state index in [-0.39, 0.29) is 5.82 Å². The Labute approximate surface area is 119 Å². The second-order valence-electron chi connectivity index (χ2n) is 4.67. The summed E-state index contributed by atoms with van der Waals surface area (Å²) in [7, 11) is 0. The van der Waals surface area contributed by atoms with Crippen molar-refractivity contribution >= 4 is 17.0 Å². The Bertz CT molecular complexity index is 711. The summed E-state index contributed by atoms with van der Waals surface area (Å²) in [5, 5.41) is 29.6. The van der Waals surface area contributed by atoms with Crippen LogP contribution in [0.2, 0.25) is 0 Å². The number of nitrogens with two attached hydrogens (primary N) is 1. The minimum Gasteiger partial charge on any atom is -0.387 e. The third-order valence-electron chi connectivity index (χ3n) is 3.42. The third kappa shape index (κ3) is 2.01. The van der Waals surface area contributed by atoms with Crippen molar-refractivity contribution in [2.75, 3.05) is 5.73 Å². The van der Waals surface area contributed by atoms with Gasteiger partial charge in [-0.15, -0.1) is 6.42 Å². The summed E-state index contributed by atoms with van der Waals surface area (Å²) in [5.41, 5.74) is 6.37. The highest BCUT2D eigenvalue weighted by Gasteiger charge is 2.47. The van der Waals surface area contributed by atoms with Crippen LogP contribution in [0.4, 0.5) is 5.82 Å². The predicted octanol–water partition coefficient (Wildman–Crippen LogP) is -1.98. The number of aromatic nitrogens is 4. The number of rotatable bonds is 2. The molecule has 0 aliphatic carbocycles. The lowest BCUT2D eigenvalue weighted by Gasteiger charge is -2.16. The van der Waals surface area contributed by atoms with Crippen molar-refractivity contribution in [2.24, 2.45) is 0 Å². The Morgan fingerprint density at radius 2 is 2.10 bits per heavy atom. The van der Waals surface area contributed by atoms with E-state index in [1.807, 2.05) is 0 Å². The summed E-state index contributed by atoms with van der Waals surface area (Å²) in [6.07, 6.45) is 1.65. The molecular weight excluding hydrogens is 278 g/mol. The minimum absolute atomic E-state index is 0.187. The lowest BCUT2D eigenvalue weighted by molar-refractivity contribution is -0.0673. The summed E-state index contributed by atoms with van der Waals surface area (Å²) in [5.74, 6) is 2.25. The first-order valence-electron chi connectivity index (χ1n) is 6.13. The zero-order valence-electron chi connectivity index (χ0n) is 10.7. The number of fused-ring (bicyclic) bond motifs is 1. The molecule has 2 aromatic rings. The third-order valence-corrected chi connectivity index (χ3v) is 3.42. The van der Waals surface area contributed by atoms with Crippen molar-refractivity contribution in [1.29, 1.82) is 0 Å². The number of hydrogen-bond donors (Lipinski definition) is 4. The number of anilines is 1. The van der Waals surface area contributed by atoms with Crippen LogP contribution in [0.3, 0.4) is 0 Å². The molecule has 2 aromatic heterocycles. The van der Waals surface area contributed by atoms with Gasteiger partial charge in [0, 0.05) is 0 Å². The van der Waals surface area contributed by atoms with Gasteiger partial charge in [-0.25, -0.2) is 15.0 Å². The van der Waals surface area contributed by atoms with Gasteiger partial charge in [-0.3, -0.25) is 4.57 Å². The van der Waals surface area contributed by atoms with Crippen molar-refractivity contribution < 1.29 is 20.1 Å². The number of ether oxygens (including phenoxy) is 1. The Morgan fingerprint density at radius 1 is 1.33 bits per heavy atom. The first-order valence-corrected chi connectivity index (χ1v) is 6.13. The molecule has 9 heteroatoms. The standard InChI is InChI=1S/C12H13N5O4/c1-2-5(18)9-7(19)8(20)12(21-9)17-4-16-6-10(13)14-3-15-11(6)17/h1,3-5,7-9,12,18-20H,(H2,13,14,15)/t5-,7+,8-,9-,12-/m1/s1. The number of aliphatic hydroxyl groups excluding tert-OH is 3. The van der Waals surface area contributed by atoms with Crippen LogP contribution in [0.5, 0.6) is 0 Å². The van der Waals surface area contributed by atoms with Crippen molar-refractivity contribution in [2.45, 2.75) is 30.6 Å². The maximum atomic E-state index is 10.1. The molecule has 0 unspecified atom stereocenters. The smallest absolute Gasteiger partial charge is 0.167 e. The fraction of sp³-hybridized carbons (Fsp3) is 0.417. The van der Waals surface area contributed by atoms with Gasteiger partial charge in [0.25, 0.3) is 0 Å². The van der Waals surface area contributed by atoms with Gasteiger partial charge in [-0.05, 0) is 0 Å². The topological polar surface area (TPSA) is 140 Å². The zero-order chi connectivity index (χ0) is 15.1. The molecule has 5 atom stereocenters. The van der Waals surface area contributed by atoms with E-state index in [0.29, 0.717) is 11.2 Å². The molecule has 0 spiro atoms. The maximum Gasteiger partial charge on any atom is 0.167 e. The monoisotopic (exact) mass is 291 g/mol. The SMILES string of the molecule is C#C[C@@H](O)[C@H]1O[C@@H](n2cnc3c(N)ncnc32)[C@H](O)[C@@H]1O. The number of aliphatic hydroxyl groups is 3. The molecule has 0 radical (unpaired) electrons. The van der Waals surface area contributed by atoms with E-state index in [2.05, 4.69) is 20.9 Å². The zero-order valence-corrected chi connectivity index (χ0v) is 10.7. The molecule has 0 bridgehead atoms. The van der Waals surface area contributed by atoms with Crippen LogP contribution in [0.1, 0.15) is 6.23 Å². The number of nitrogens with zero attached hydrogens (tertiary/aromatic N) is 4. The normalized spacial score (nSPS) is 30.4. The van der Waals surface area contributed by atoms with Crippen molar-refractivity contribution in [3.8, 4) is 12.3 Å². The van der Waals surface area contributed by atoms with Crippen LogP contribution in [-0.2, 0) is 4.74 Å². The molecule has 0 saturated carbocycles. The first-order chi connectivity index (χ1) is 10.0. The average Bonchev–Trinajstić information content (AvgIpc) is 3.02. The molecular formula is C12H13N5O4. The predicted molar refractivity (Wildman–Crippen MR) is 70.5 cm³/mol. The highest BCUT2D eigenvalue weighted by molar-refractivity contribution is 5.81. The van der Waals surface area contributed by atoms with Crippen LogP contribution in [0.15, 0.2) is 12.7 Å². The molecule has 3 heterocycles. The molecule has 0 aromatic carbocycles. The fourth-order valence-electron chi connectivity index (χ4n) is 2.33. The number of hydrogen-bond acceptors (Lipinski definition) is 8. The van der Waals surface area contributed by atoms with Crippen molar-refractivity contribution in [1.82, 2.24) is 19.5 Å². The first kappa shape index (κ1) is 13.7. The number of imidazole rings is 1. The van der Waals surface area contributed by atoms with E-state index in [0.717, 1.165) is 0 Å². The van der Waals surface area contributed by atoms with Gasteiger partial charge in [0.1, 0.15) is 36.3 Å². The van der Waals surface area contributed by atoms with Crippen LogP contribution < -0.4 is 5.73 Å². The van der Waals surface area contributed by atoms with E-state index in [4.69, 9.17) is 16.9 Å². The van der Waals surface area contributed by atoms with Gasteiger partial charge < -0.3 is 25.8 Å². The van der Waals surface area contributed by atoms with Gasteiger partial charge in [-0.2, -0.15) is 0 Å². The highest BCUT2D eigenvalue weighted by Crippen LogP contribution is 2.33. The molecule has 3 rings (SSSR count). The largest absolute Gasteiger partial charge is 0.387 e. The maximum absolute atomic E-state index is 10.1. The lowest BCUT2D eigenvalue weighted by atomic mass is 10.1. The molecule has 9 nitrogen and oxygen atoms in total. The molecule has 1 saturated heterocycles. The van der Waals surface area contributed by atoms with Crippen LogP contribution in [-0.4, -0.2) is 59.3 Å². The van der Waals surface area contributed by atoms with Crippen LogP contribution in [0, 0.1) is 12.3 Å². The van der Waals surface area contributed by atoms with Gasteiger partial charge in [0.05, 0.1) is 6.33 Å². The summed E-state index contributed by atoms with van der Waals surface area (Å²) in [6, 6.07) is 0. The van der Waals surface area contributed by atoms with Gasteiger partial charge in [-0.1, -0.05) is 5.92 Å². The minimum atomic E-state index is -1.34. The van der Waals surface area contributed by atoms with Gasteiger partial charge in [0.15, 0.2) is 17.7 Å². The van der Waals surface area contributed by atoms with Gasteiger partial charge >= 0.3 is 0 Å². The number of nitrogen functional groups attached to an aromatic ring is 1. The lowest BCUT2D eigenvalue weighted by Crippen LogP contribution is -2.37. The quantitative estimate of drug-likeness (QED) is 0.467. The van der Waals surface area contributed by atoms with E-state index in [1.54, 1.807) is 0 Å². The summed E-state index contributed by atoms with van der Waals surface area (Å²) in [6.45, 7) is 0. The summed E-state index contributed by atoms with van der Waals surface area (Å²) in [4.78, 5) is 11.9. The van der Waals surface area contributed by atoms with E-state index >= 15 is 0 Å². The number of terminal acetylenes is 1. The Hall–Kier alpha value is -2.25. The summed E-state index contributed by atoms with van der Waals surface area (Å²) >= 11 is 0. The molecule has 1 aliphatic rings. The highest BCUT2D eigenvalue weighted by atomic mass is 16.6. The molecule has 21 heavy (non-hydrogen) atoms. The van der Waals surface area contributed by atoms with E-state index in [9.17, 15) is 15.3 Å². The van der Waals surface area contributed by atoms with Crippen molar-refractivity contribution in [3.63, 3.8) is 0 Å².